The number of ether oxygens (including phenoxy) is 1. The number of hydrogen-bond donors (Lipinski definition) is 0. The zero-order chi connectivity index (χ0) is 13.1. The van der Waals surface area contributed by atoms with E-state index in [-0.39, 0.29) is 5.69 Å². The Kier molecular flexibility index (Phi) is 3.61. The minimum atomic E-state index is -0.429. The van der Waals surface area contributed by atoms with Gasteiger partial charge in [-0.15, -0.1) is 0 Å². The van der Waals surface area contributed by atoms with Gasteiger partial charge in [-0.05, 0) is 22.0 Å². The van der Waals surface area contributed by atoms with Crippen LogP contribution in [0.1, 0.15) is 5.56 Å². The number of methoxy groups -OCH3 is 1. The Bertz CT molecular complexity index is 583. The molecule has 0 N–H and O–H groups in total. The van der Waals surface area contributed by atoms with Crippen molar-refractivity contribution >= 4 is 21.6 Å². The molecule has 0 unspecified atom stereocenters. The van der Waals surface area contributed by atoms with Crippen molar-refractivity contribution in [3.63, 3.8) is 0 Å². The Morgan fingerprint density at radius 1 is 1.56 bits per heavy atom. The standard InChI is InChI=1S/C11H10BrN3O3/c1-18-11-3-2-10(15(16)17)4-8(11)6-14-7-9(12)5-13-14/h2-5,7H,6H2,1H3. The van der Waals surface area contributed by atoms with Gasteiger partial charge in [0.25, 0.3) is 5.69 Å². The smallest absolute Gasteiger partial charge is 0.270 e. The van der Waals surface area contributed by atoms with E-state index < -0.39 is 4.92 Å². The van der Waals surface area contributed by atoms with Crippen LogP contribution in [-0.4, -0.2) is 21.8 Å². The summed E-state index contributed by atoms with van der Waals surface area (Å²) in [6.07, 6.45) is 3.45. The van der Waals surface area contributed by atoms with E-state index in [2.05, 4.69) is 21.0 Å². The predicted octanol–water partition coefficient (Wildman–Crippen LogP) is 2.61. The number of aromatic nitrogens is 2. The molecule has 2 rings (SSSR count). The van der Waals surface area contributed by atoms with Crippen molar-refractivity contribution in [1.82, 2.24) is 9.78 Å². The SMILES string of the molecule is COc1ccc([N+](=O)[O-])cc1Cn1cc(Br)cn1. The fraction of sp³-hybridized carbons (Fsp3) is 0.182. The van der Waals surface area contributed by atoms with Crippen LogP contribution >= 0.6 is 15.9 Å². The highest BCUT2D eigenvalue weighted by Crippen LogP contribution is 2.24. The van der Waals surface area contributed by atoms with E-state index in [1.165, 1.54) is 19.2 Å². The number of hydrogen-bond acceptors (Lipinski definition) is 4. The highest BCUT2D eigenvalue weighted by molar-refractivity contribution is 9.10. The number of nitro groups is 1. The van der Waals surface area contributed by atoms with Crippen molar-refractivity contribution in [2.75, 3.05) is 7.11 Å². The van der Waals surface area contributed by atoms with Gasteiger partial charge >= 0.3 is 0 Å². The molecule has 1 aromatic carbocycles. The molecule has 1 heterocycles. The highest BCUT2D eigenvalue weighted by atomic mass is 79.9. The second-order valence-corrected chi connectivity index (χ2v) is 4.53. The Morgan fingerprint density at radius 3 is 2.89 bits per heavy atom. The van der Waals surface area contributed by atoms with E-state index >= 15 is 0 Å². The Balaban J connectivity index is 2.35. The summed E-state index contributed by atoms with van der Waals surface area (Å²) in [5, 5.41) is 14.8. The van der Waals surface area contributed by atoms with Gasteiger partial charge in [0.2, 0.25) is 0 Å². The van der Waals surface area contributed by atoms with Gasteiger partial charge in [-0.3, -0.25) is 14.8 Å². The molecule has 7 heteroatoms. The predicted molar refractivity (Wildman–Crippen MR) is 68.7 cm³/mol. The molecule has 0 aliphatic rings. The van der Waals surface area contributed by atoms with E-state index in [4.69, 9.17) is 4.74 Å². The fourth-order valence-electron chi connectivity index (χ4n) is 1.60. The first-order valence-electron chi connectivity index (χ1n) is 5.09. The summed E-state index contributed by atoms with van der Waals surface area (Å²) in [5.41, 5.74) is 0.749. The van der Waals surface area contributed by atoms with Crippen LogP contribution in [0.15, 0.2) is 35.1 Å². The number of nitrogens with zero attached hydrogens (tertiary/aromatic N) is 3. The molecule has 0 bridgehead atoms. The molecular formula is C11H10BrN3O3. The van der Waals surface area contributed by atoms with Gasteiger partial charge in [0, 0.05) is 23.9 Å². The molecule has 18 heavy (non-hydrogen) atoms. The molecule has 1 aromatic heterocycles. The maximum atomic E-state index is 10.7. The maximum Gasteiger partial charge on any atom is 0.270 e. The van der Waals surface area contributed by atoms with Gasteiger partial charge < -0.3 is 4.74 Å². The molecular weight excluding hydrogens is 302 g/mol. The zero-order valence-electron chi connectivity index (χ0n) is 9.54. The lowest BCUT2D eigenvalue weighted by Gasteiger charge is -2.08. The molecule has 0 saturated carbocycles. The molecule has 0 fully saturated rings. The number of rotatable bonds is 4. The van der Waals surface area contributed by atoms with Crippen LogP contribution in [0.3, 0.4) is 0 Å². The molecule has 2 aromatic rings. The summed E-state index contributed by atoms with van der Waals surface area (Å²) >= 11 is 3.30. The summed E-state index contributed by atoms with van der Waals surface area (Å²) < 4.78 is 7.71. The zero-order valence-corrected chi connectivity index (χ0v) is 11.1. The molecule has 0 aliphatic carbocycles. The molecule has 0 amide bonds. The number of halogens is 1. The second-order valence-electron chi connectivity index (χ2n) is 3.61. The van der Waals surface area contributed by atoms with E-state index in [0.717, 1.165) is 4.47 Å². The van der Waals surface area contributed by atoms with Crippen molar-refractivity contribution < 1.29 is 9.66 Å². The normalized spacial score (nSPS) is 10.3. The highest BCUT2D eigenvalue weighted by Gasteiger charge is 2.12. The number of non-ortho nitro benzene ring substituents is 1. The van der Waals surface area contributed by atoms with Gasteiger partial charge in [0.05, 0.1) is 29.2 Å². The van der Waals surface area contributed by atoms with Crippen LogP contribution in [-0.2, 0) is 6.54 Å². The van der Waals surface area contributed by atoms with Gasteiger partial charge in [-0.25, -0.2) is 0 Å². The third-order valence-corrected chi connectivity index (χ3v) is 2.82. The third-order valence-electron chi connectivity index (χ3n) is 2.41. The Labute approximate surface area is 111 Å². The largest absolute Gasteiger partial charge is 0.496 e. The summed E-state index contributed by atoms with van der Waals surface area (Å²) in [6, 6.07) is 4.50. The number of benzene rings is 1. The lowest BCUT2D eigenvalue weighted by molar-refractivity contribution is -0.384. The maximum absolute atomic E-state index is 10.7. The molecule has 6 nitrogen and oxygen atoms in total. The molecule has 0 saturated heterocycles. The van der Waals surface area contributed by atoms with Gasteiger partial charge in [0.15, 0.2) is 0 Å². The minimum absolute atomic E-state index is 0.0389. The van der Waals surface area contributed by atoms with Crippen molar-refractivity contribution in [1.29, 1.82) is 0 Å². The second kappa shape index (κ2) is 5.18. The quantitative estimate of drug-likeness (QED) is 0.643. The molecule has 0 aliphatic heterocycles. The topological polar surface area (TPSA) is 70.2 Å². The molecule has 94 valence electrons. The lowest BCUT2D eigenvalue weighted by Crippen LogP contribution is -2.03. The van der Waals surface area contributed by atoms with Crippen molar-refractivity contribution in [3.05, 3.63) is 50.7 Å². The van der Waals surface area contributed by atoms with E-state index in [0.29, 0.717) is 17.9 Å². The summed E-state index contributed by atoms with van der Waals surface area (Å²) in [5.74, 6) is 0.604. The minimum Gasteiger partial charge on any atom is -0.496 e. The van der Waals surface area contributed by atoms with E-state index in [9.17, 15) is 10.1 Å². The van der Waals surface area contributed by atoms with Crippen molar-refractivity contribution in [2.45, 2.75) is 6.54 Å². The van der Waals surface area contributed by atoms with Gasteiger partial charge in [-0.2, -0.15) is 5.10 Å². The average Bonchev–Trinajstić information content (AvgIpc) is 2.74. The Hall–Kier alpha value is -1.89. The van der Waals surface area contributed by atoms with Gasteiger partial charge in [-0.1, -0.05) is 0 Å². The monoisotopic (exact) mass is 311 g/mol. The first-order valence-corrected chi connectivity index (χ1v) is 5.88. The molecule has 0 spiro atoms. The van der Waals surface area contributed by atoms with Crippen LogP contribution in [0, 0.1) is 10.1 Å². The summed E-state index contributed by atoms with van der Waals surface area (Å²) in [7, 11) is 1.53. The molecule has 0 atom stereocenters. The van der Waals surface area contributed by atoms with Crippen molar-refractivity contribution in [2.24, 2.45) is 0 Å². The van der Waals surface area contributed by atoms with E-state index in [1.54, 1.807) is 23.1 Å². The summed E-state index contributed by atoms with van der Waals surface area (Å²) in [4.78, 5) is 10.3. The van der Waals surface area contributed by atoms with E-state index in [1.807, 2.05) is 0 Å². The van der Waals surface area contributed by atoms with Crippen LogP contribution in [0.5, 0.6) is 5.75 Å². The van der Waals surface area contributed by atoms with Crippen LogP contribution in [0.25, 0.3) is 0 Å². The van der Waals surface area contributed by atoms with Gasteiger partial charge in [0.1, 0.15) is 5.75 Å². The first-order chi connectivity index (χ1) is 8.60. The lowest BCUT2D eigenvalue weighted by atomic mass is 10.2. The van der Waals surface area contributed by atoms with Crippen LogP contribution in [0.4, 0.5) is 5.69 Å². The van der Waals surface area contributed by atoms with Crippen LogP contribution < -0.4 is 4.74 Å². The average molecular weight is 312 g/mol. The van der Waals surface area contributed by atoms with Crippen LogP contribution in [0.2, 0.25) is 0 Å². The fourth-order valence-corrected chi connectivity index (χ4v) is 1.93. The third kappa shape index (κ3) is 2.67. The summed E-state index contributed by atoms with van der Waals surface area (Å²) in [6.45, 7) is 0.413. The molecule has 0 radical (unpaired) electrons. The number of nitro benzene ring substituents is 1. The van der Waals surface area contributed by atoms with Crippen molar-refractivity contribution in [3.8, 4) is 5.75 Å². The Morgan fingerprint density at radius 2 is 2.33 bits per heavy atom. The first kappa shape index (κ1) is 12.6.